The smallest absolute Gasteiger partial charge is 0.163 e. The second-order valence-electron chi connectivity index (χ2n) is 3.22. The summed E-state index contributed by atoms with van der Waals surface area (Å²) < 4.78 is 0. The Morgan fingerprint density at radius 3 is 2.75 bits per heavy atom. The van der Waals surface area contributed by atoms with Gasteiger partial charge in [-0.3, -0.25) is 4.79 Å². The Balaban J connectivity index is 2.97. The summed E-state index contributed by atoms with van der Waals surface area (Å²) in [6.07, 6.45) is 2.59. The number of nitrogens with zero attached hydrogens (tertiary/aromatic N) is 1. The van der Waals surface area contributed by atoms with Gasteiger partial charge in [0, 0.05) is 23.1 Å². The van der Waals surface area contributed by atoms with Crippen molar-refractivity contribution in [3.05, 3.63) is 34.6 Å². The highest BCUT2D eigenvalue weighted by Gasteiger charge is 2.06. The summed E-state index contributed by atoms with van der Waals surface area (Å²) in [5.41, 5.74) is 0.902. The van der Waals surface area contributed by atoms with E-state index in [9.17, 15) is 4.79 Å². The molecule has 0 spiro atoms. The molecule has 0 aliphatic rings. The van der Waals surface area contributed by atoms with Gasteiger partial charge in [-0.2, -0.15) is 0 Å². The summed E-state index contributed by atoms with van der Waals surface area (Å²) in [6, 6.07) is 3.31. The molecule has 0 bridgehead atoms. The zero-order valence-corrected chi connectivity index (χ0v) is 9.80. The molecule has 1 rings (SSSR count). The third kappa shape index (κ3) is 3.17. The number of pyridine rings is 1. The minimum atomic E-state index is -0.165. The number of allylic oxidation sites excluding steroid dienone is 2. The van der Waals surface area contributed by atoms with Crippen LogP contribution in [-0.2, 0) is 4.79 Å². The van der Waals surface area contributed by atoms with Gasteiger partial charge in [0.2, 0.25) is 0 Å². The first-order chi connectivity index (χ1) is 7.54. The van der Waals surface area contributed by atoms with Crippen LogP contribution in [0, 0.1) is 5.41 Å². The molecular weight excluding hydrogens is 226 g/mol. The van der Waals surface area contributed by atoms with Gasteiger partial charge in [0.1, 0.15) is 5.82 Å². The monoisotopic (exact) mass is 237 g/mol. The quantitative estimate of drug-likeness (QED) is 0.625. The van der Waals surface area contributed by atoms with Gasteiger partial charge in [0.15, 0.2) is 5.78 Å². The van der Waals surface area contributed by atoms with E-state index in [0.29, 0.717) is 22.1 Å². The van der Waals surface area contributed by atoms with Crippen LogP contribution in [0.4, 0.5) is 5.82 Å². The molecule has 1 aromatic heterocycles. The molecule has 0 saturated carbocycles. The van der Waals surface area contributed by atoms with E-state index in [2.05, 4.69) is 10.3 Å². The van der Waals surface area contributed by atoms with Crippen molar-refractivity contribution in [2.45, 2.75) is 13.8 Å². The Bertz CT molecular complexity index is 454. The van der Waals surface area contributed by atoms with Crippen molar-refractivity contribution in [3.8, 4) is 0 Å². The number of hydrogen-bond donors (Lipinski definition) is 2. The van der Waals surface area contributed by atoms with E-state index >= 15 is 0 Å². The molecule has 0 atom stereocenters. The van der Waals surface area contributed by atoms with Crippen LogP contribution in [0.2, 0.25) is 5.02 Å². The van der Waals surface area contributed by atoms with E-state index in [-0.39, 0.29) is 5.78 Å². The van der Waals surface area contributed by atoms with Gasteiger partial charge in [-0.1, -0.05) is 11.6 Å². The van der Waals surface area contributed by atoms with E-state index in [1.54, 1.807) is 25.3 Å². The first kappa shape index (κ1) is 12.4. The highest BCUT2D eigenvalue weighted by atomic mass is 35.5. The van der Waals surface area contributed by atoms with Crippen LogP contribution >= 0.6 is 11.6 Å². The predicted molar refractivity (Wildman–Crippen MR) is 65.0 cm³/mol. The number of carbonyl (C=O) groups is 1. The van der Waals surface area contributed by atoms with E-state index in [0.717, 1.165) is 6.21 Å². The average Bonchev–Trinajstić information content (AvgIpc) is 2.17. The lowest BCUT2D eigenvalue weighted by Crippen LogP contribution is -2.08. The first-order valence-corrected chi connectivity index (χ1v) is 5.03. The summed E-state index contributed by atoms with van der Waals surface area (Å²) in [6.45, 7) is 3.13. The van der Waals surface area contributed by atoms with Gasteiger partial charge < -0.3 is 10.7 Å². The van der Waals surface area contributed by atoms with E-state index in [1.165, 1.54) is 6.92 Å². The average molecular weight is 238 g/mol. The maximum atomic E-state index is 11.2. The fraction of sp³-hybridized carbons (Fsp3) is 0.182. The third-order valence-electron chi connectivity index (χ3n) is 1.97. The molecule has 0 fully saturated rings. The van der Waals surface area contributed by atoms with Crippen LogP contribution in [0.3, 0.4) is 0 Å². The lowest BCUT2D eigenvalue weighted by Gasteiger charge is -2.08. The topological polar surface area (TPSA) is 65.8 Å². The minimum absolute atomic E-state index is 0.165. The summed E-state index contributed by atoms with van der Waals surface area (Å²) in [7, 11) is 0. The van der Waals surface area contributed by atoms with Crippen molar-refractivity contribution in [2.75, 3.05) is 5.32 Å². The maximum absolute atomic E-state index is 11.2. The molecule has 0 aliphatic heterocycles. The Morgan fingerprint density at radius 2 is 2.25 bits per heavy atom. The zero-order chi connectivity index (χ0) is 12.1. The second kappa shape index (κ2) is 5.42. The maximum Gasteiger partial charge on any atom is 0.163 e. The summed E-state index contributed by atoms with van der Waals surface area (Å²) >= 11 is 5.80. The van der Waals surface area contributed by atoms with E-state index < -0.39 is 0 Å². The van der Waals surface area contributed by atoms with Crippen LogP contribution in [0.25, 0.3) is 0 Å². The molecule has 1 aromatic rings. The SMILES string of the molecule is CC(=O)/C(C=N)=C(\C)Nc1cc(Cl)ccn1. The number of aromatic nitrogens is 1. The summed E-state index contributed by atoms with van der Waals surface area (Å²) in [5, 5.41) is 10.6. The number of halogens is 1. The van der Waals surface area contributed by atoms with Crippen molar-refractivity contribution < 1.29 is 4.79 Å². The van der Waals surface area contributed by atoms with Gasteiger partial charge in [-0.25, -0.2) is 4.98 Å². The lowest BCUT2D eigenvalue weighted by molar-refractivity contribution is -0.113. The molecule has 4 nitrogen and oxygen atoms in total. The molecule has 16 heavy (non-hydrogen) atoms. The fourth-order valence-electron chi connectivity index (χ4n) is 1.21. The molecule has 0 unspecified atom stereocenters. The highest BCUT2D eigenvalue weighted by Crippen LogP contribution is 2.14. The van der Waals surface area contributed by atoms with Crippen LogP contribution in [0.15, 0.2) is 29.6 Å². The largest absolute Gasteiger partial charge is 0.343 e. The normalized spacial score (nSPS) is 11.7. The number of rotatable bonds is 4. The van der Waals surface area contributed by atoms with Crippen molar-refractivity contribution in [2.24, 2.45) is 0 Å². The van der Waals surface area contributed by atoms with Crippen molar-refractivity contribution in [1.82, 2.24) is 4.98 Å². The van der Waals surface area contributed by atoms with Crippen LogP contribution in [0.1, 0.15) is 13.8 Å². The number of ketones is 1. The predicted octanol–water partition coefficient (Wildman–Crippen LogP) is 2.66. The third-order valence-corrected chi connectivity index (χ3v) is 2.20. The van der Waals surface area contributed by atoms with Gasteiger partial charge >= 0.3 is 0 Å². The number of anilines is 1. The highest BCUT2D eigenvalue weighted by molar-refractivity contribution is 6.30. The number of Topliss-reactive ketones (excluding diaryl/α,β-unsaturated/α-hetero) is 1. The van der Waals surface area contributed by atoms with Crippen LogP contribution in [0.5, 0.6) is 0 Å². The number of hydrogen-bond acceptors (Lipinski definition) is 4. The second-order valence-corrected chi connectivity index (χ2v) is 3.66. The molecule has 84 valence electrons. The number of carbonyl (C=O) groups excluding carboxylic acids is 1. The summed E-state index contributed by atoms with van der Waals surface area (Å²) in [5.74, 6) is 0.382. The molecule has 0 amide bonds. The molecule has 0 aliphatic carbocycles. The zero-order valence-electron chi connectivity index (χ0n) is 9.04. The Morgan fingerprint density at radius 1 is 1.56 bits per heavy atom. The molecule has 1 heterocycles. The fourth-order valence-corrected chi connectivity index (χ4v) is 1.37. The van der Waals surface area contributed by atoms with Gasteiger partial charge in [0.05, 0.1) is 5.57 Å². The number of nitrogens with one attached hydrogen (secondary N) is 2. The van der Waals surface area contributed by atoms with Crippen molar-refractivity contribution in [1.29, 1.82) is 5.41 Å². The Kier molecular flexibility index (Phi) is 4.19. The first-order valence-electron chi connectivity index (χ1n) is 4.65. The Hall–Kier alpha value is -1.68. The van der Waals surface area contributed by atoms with Crippen molar-refractivity contribution in [3.63, 3.8) is 0 Å². The molecule has 2 N–H and O–H groups in total. The van der Waals surface area contributed by atoms with E-state index in [1.807, 2.05) is 0 Å². The van der Waals surface area contributed by atoms with Gasteiger partial charge in [0.25, 0.3) is 0 Å². The van der Waals surface area contributed by atoms with Gasteiger partial charge in [-0.05, 0) is 26.0 Å². The van der Waals surface area contributed by atoms with Crippen molar-refractivity contribution >= 4 is 29.4 Å². The van der Waals surface area contributed by atoms with E-state index in [4.69, 9.17) is 17.0 Å². The molecule has 0 radical (unpaired) electrons. The molecule has 5 heteroatoms. The lowest BCUT2D eigenvalue weighted by atomic mass is 10.1. The minimum Gasteiger partial charge on any atom is -0.343 e. The Labute approximate surface area is 98.9 Å². The van der Waals surface area contributed by atoms with Crippen LogP contribution < -0.4 is 5.32 Å². The standard InChI is InChI=1S/C11H12ClN3O/c1-7(10(6-13)8(2)16)15-11-5-9(12)3-4-14-11/h3-6,13H,1-2H3,(H,14,15)/b10-7+,13-6?. The summed E-state index contributed by atoms with van der Waals surface area (Å²) in [4.78, 5) is 15.2. The van der Waals surface area contributed by atoms with Crippen LogP contribution in [-0.4, -0.2) is 17.0 Å². The molecular formula is C11H12ClN3O. The molecule has 0 saturated heterocycles. The van der Waals surface area contributed by atoms with Gasteiger partial charge in [-0.15, -0.1) is 0 Å². The molecule has 0 aromatic carbocycles.